The maximum Gasteiger partial charge on any atom is 0.465 e. The van der Waals surface area contributed by atoms with Crippen molar-refractivity contribution >= 4 is 16.1 Å². The average Bonchev–Trinajstić information content (AvgIpc) is 2.58. The first kappa shape index (κ1) is 19.8. The van der Waals surface area contributed by atoms with Crippen molar-refractivity contribution in [3.8, 4) is 0 Å². The average molecular weight is 414 g/mol. The summed E-state index contributed by atoms with van der Waals surface area (Å²) in [5.74, 6) is -1.24. The van der Waals surface area contributed by atoms with Crippen molar-refractivity contribution in [2.45, 2.75) is 50.2 Å². The van der Waals surface area contributed by atoms with Gasteiger partial charge < -0.3 is 4.74 Å². The summed E-state index contributed by atoms with van der Waals surface area (Å²) in [6.45, 7) is -0.222. The van der Waals surface area contributed by atoms with Gasteiger partial charge in [0.05, 0.1) is 6.61 Å². The van der Waals surface area contributed by atoms with E-state index >= 15 is 0 Å². The first-order valence-corrected chi connectivity index (χ1v) is 11.0. The van der Waals surface area contributed by atoms with E-state index in [9.17, 15) is 22.0 Å². The van der Waals surface area contributed by atoms with E-state index in [1.807, 2.05) is 18.2 Å². The summed E-state index contributed by atoms with van der Waals surface area (Å²) in [4.78, 5) is 11.7. The number of benzene rings is 1. The molecule has 28 heavy (non-hydrogen) atoms. The molecule has 0 heterocycles. The molecule has 5 nitrogen and oxygen atoms in total. The Morgan fingerprint density at radius 2 is 1.68 bits per heavy atom. The van der Waals surface area contributed by atoms with Gasteiger partial charge in [-0.05, 0) is 67.8 Å². The van der Waals surface area contributed by atoms with Gasteiger partial charge in [0.1, 0.15) is 0 Å². The van der Waals surface area contributed by atoms with Crippen molar-refractivity contribution in [2.24, 2.45) is 22.7 Å². The van der Waals surface area contributed by atoms with Crippen LogP contribution < -0.4 is 0 Å². The number of esters is 1. The highest BCUT2D eigenvalue weighted by atomic mass is 32.2. The van der Waals surface area contributed by atoms with E-state index in [2.05, 4.69) is 12.1 Å². The predicted octanol–water partition coefficient (Wildman–Crippen LogP) is 3.84. The fourth-order valence-corrected chi connectivity index (χ4v) is 6.73. The minimum atomic E-state index is -5.84. The number of carbonyl (C=O) groups excluding carboxylic acids is 1. The summed E-state index contributed by atoms with van der Waals surface area (Å²) >= 11 is 0. The van der Waals surface area contributed by atoms with E-state index in [0.717, 1.165) is 44.9 Å². The lowest BCUT2D eigenvalue weighted by molar-refractivity contribution is -0.178. The molecule has 4 aliphatic rings. The van der Waals surface area contributed by atoms with Crippen LogP contribution in [0.3, 0.4) is 0 Å². The van der Waals surface area contributed by atoms with Gasteiger partial charge in [-0.25, -0.2) is 4.79 Å². The second kappa shape index (κ2) is 6.49. The highest BCUT2D eigenvalue weighted by molar-refractivity contribution is 7.87. The topological polar surface area (TPSA) is 80.7 Å². The smallest absolute Gasteiger partial charge is 0.460 e. The van der Waals surface area contributed by atoms with Crippen molar-refractivity contribution in [1.29, 1.82) is 0 Å². The minimum absolute atomic E-state index is 0.0728. The zero-order chi connectivity index (χ0) is 20.2. The maximum atomic E-state index is 13.5. The maximum absolute atomic E-state index is 13.5. The lowest BCUT2D eigenvalue weighted by Crippen LogP contribution is -2.55. The zero-order valence-corrected chi connectivity index (χ0v) is 16.3. The van der Waals surface area contributed by atoms with Crippen LogP contribution in [0.5, 0.6) is 0 Å². The Bertz CT molecular complexity index is 854. The number of rotatable bonds is 6. The van der Waals surface area contributed by atoms with E-state index in [0.29, 0.717) is 11.8 Å². The molecule has 0 saturated heterocycles. The lowest BCUT2D eigenvalue weighted by atomic mass is 9.43. The van der Waals surface area contributed by atoms with Crippen LogP contribution in [0.4, 0.5) is 8.78 Å². The monoisotopic (exact) mass is 414 g/mol. The molecule has 4 bridgehead atoms. The summed E-state index contributed by atoms with van der Waals surface area (Å²) in [6.07, 6.45) is 6.62. The quantitative estimate of drug-likeness (QED) is 0.565. The summed E-state index contributed by atoms with van der Waals surface area (Å²) in [5, 5.41) is -4.93. The molecule has 4 fully saturated rings. The third-order valence-corrected chi connectivity index (χ3v) is 7.61. The number of carbonyl (C=O) groups is 1. The summed E-state index contributed by atoms with van der Waals surface area (Å²) in [5.41, 5.74) is 0.933. The minimum Gasteiger partial charge on any atom is -0.460 e. The number of alkyl halides is 2. The molecule has 1 aromatic carbocycles. The van der Waals surface area contributed by atoms with Gasteiger partial charge in [0.2, 0.25) is 0 Å². The second-order valence-electron chi connectivity index (χ2n) is 9.19. The molecule has 2 unspecified atom stereocenters. The molecule has 4 saturated carbocycles. The Kier molecular flexibility index (Phi) is 4.58. The number of hydrogen-bond acceptors (Lipinski definition) is 4. The lowest BCUT2D eigenvalue weighted by Gasteiger charge is -2.62. The van der Waals surface area contributed by atoms with Crippen LogP contribution in [-0.4, -0.2) is 30.8 Å². The first-order valence-electron chi connectivity index (χ1n) is 9.59. The zero-order valence-electron chi connectivity index (χ0n) is 15.4. The third kappa shape index (κ3) is 3.45. The molecule has 0 spiro atoms. The molecule has 0 radical (unpaired) electrons. The number of hydrogen-bond donors (Lipinski definition) is 1. The van der Waals surface area contributed by atoms with E-state index in [4.69, 9.17) is 9.29 Å². The molecule has 1 aromatic rings. The van der Waals surface area contributed by atoms with Crippen LogP contribution in [0.1, 0.15) is 44.1 Å². The van der Waals surface area contributed by atoms with E-state index < -0.39 is 21.3 Å². The predicted molar refractivity (Wildman–Crippen MR) is 97.1 cm³/mol. The van der Waals surface area contributed by atoms with Gasteiger partial charge in [-0.3, -0.25) is 4.55 Å². The summed E-state index contributed by atoms with van der Waals surface area (Å²) in [7, 11) is -5.84. The van der Waals surface area contributed by atoms with Crippen LogP contribution >= 0.6 is 0 Å². The van der Waals surface area contributed by atoms with Crippen molar-refractivity contribution in [3.63, 3.8) is 0 Å². The third-order valence-electron chi connectivity index (χ3n) is 6.80. The van der Waals surface area contributed by atoms with Crippen molar-refractivity contribution < 1.29 is 31.3 Å². The molecule has 1 N–H and O–H groups in total. The molecular formula is C20H24F2O5S. The molecule has 0 aliphatic heterocycles. The van der Waals surface area contributed by atoms with Crippen LogP contribution in [0, 0.1) is 22.7 Å². The van der Waals surface area contributed by atoms with Crippen LogP contribution in [0.2, 0.25) is 0 Å². The second-order valence-corrected chi connectivity index (χ2v) is 10.7. The van der Waals surface area contributed by atoms with Crippen LogP contribution in [0.25, 0.3) is 0 Å². The Morgan fingerprint density at radius 1 is 1.11 bits per heavy atom. The Hall–Kier alpha value is -1.54. The molecule has 8 heteroatoms. The highest BCUT2D eigenvalue weighted by Gasteiger charge is 2.59. The summed E-state index contributed by atoms with van der Waals surface area (Å²) < 4.78 is 62.0. The van der Waals surface area contributed by atoms with Gasteiger partial charge in [-0.2, -0.15) is 17.2 Å². The van der Waals surface area contributed by atoms with Gasteiger partial charge in [-0.15, -0.1) is 0 Å². The summed E-state index contributed by atoms with van der Waals surface area (Å²) in [6, 6.07) is 10.2. The van der Waals surface area contributed by atoms with Crippen LogP contribution in [0.15, 0.2) is 30.3 Å². The SMILES string of the molecule is O=C(OCC12CC3CC(C1)CC(Cc1ccccc1)(C3)C2)C(F)(F)S(=O)(=O)O. The van der Waals surface area contributed by atoms with E-state index in [1.54, 1.807) is 0 Å². The van der Waals surface area contributed by atoms with Crippen molar-refractivity contribution in [3.05, 3.63) is 35.9 Å². The molecule has 4 aliphatic carbocycles. The Morgan fingerprint density at radius 3 is 2.25 bits per heavy atom. The van der Waals surface area contributed by atoms with Crippen molar-refractivity contribution in [2.75, 3.05) is 6.61 Å². The number of ether oxygens (including phenoxy) is 1. The fourth-order valence-electron chi connectivity index (χ4n) is 6.46. The van der Waals surface area contributed by atoms with Gasteiger partial charge in [0, 0.05) is 5.41 Å². The van der Waals surface area contributed by atoms with Gasteiger partial charge in [-0.1, -0.05) is 30.3 Å². The van der Waals surface area contributed by atoms with Gasteiger partial charge in [0.25, 0.3) is 0 Å². The van der Waals surface area contributed by atoms with Gasteiger partial charge >= 0.3 is 21.3 Å². The highest BCUT2D eigenvalue weighted by Crippen LogP contribution is 2.66. The van der Waals surface area contributed by atoms with Crippen molar-refractivity contribution in [1.82, 2.24) is 0 Å². The molecule has 154 valence electrons. The number of halogens is 2. The molecule has 2 atom stereocenters. The fraction of sp³-hybridized carbons (Fsp3) is 0.650. The molecule has 0 aromatic heterocycles. The van der Waals surface area contributed by atoms with E-state index in [-0.39, 0.29) is 17.4 Å². The standard InChI is InChI=1S/C20H24F2O5S/c21-20(22,28(24,25)26)17(23)27-13-19-10-15-6-16(11-19)9-18(8-15,12-19)7-14-4-2-1-3-5-14/h1-5,15-16H,6-13H2,(H,24,25,26). The normalized spacial score (nSPS) is 34.4. The van der Waals surface area contributed by atoms with Gasteiger partial charge in [0.15, 0.2) is 0 Å². The largest absolute Gasteiger partial charge is 0.465 e. The Balaban J connectivity index is 1.51. The van der Waals surface area contributed by atoms with Crippen LogP contribution in [-0.2, 0) is 26.1 Å². The molecule has 0 amide bonds. The Labute approximate surface area is 163 Å². The van der Waals surface area contributed by atoms with E-state index in [1.165, 1.54) is 5.56 Å². The molecule has 5 rings (SSSR count). The first-order chi connectivity index (χ1) is 13.0. The molecular weight excluding hydrogens is 390 g/mol.